The predicted octanol–water partition coefficient (Wildman–Crippen LogP) is 3.22. The molecule has 0 saturated carbocycles. The number of hydrogen-bond donors (Lipinski definition) is 1. The third-order valence-electron chi connectivity index (χ3n) is 5.12. The minimum atomic E-state index is -0.857. The number of β-lactam (4-membered cyclic amide) rings is 1. The van der Waals surface area contributed by atoms with E-state index in [-0.39, 0.29) is 19.1 Å². The molecular formula is C23H25NO6. The lowest BCUT2D eigenvalue weighted by Gasteiger charge is -2.41. The Labute approximate surface area is 175 Å². The largest absolute Gasteiger partial charge is 0.508 e. The van der Waals surface area contributed by atoms with Crippen LogP contribution in [0.5, 0.6) is 0 Å². The summed E-state index contributed by atoms with van der Waals surface area (Å²) in [4.78, 5) is 36.4. The Bertz CT molecular complexity index is 870. The van der Waals surface area contributed by atoms with Crippen LogP contribution in [0.2, 0.25) is 0 Å². The second-order valence-corrected chi connectivity index (χ2v) is 7.29. The number of ether oxygens (including phenoxy) is 3. The molecule has 3 rings (SSSR count). The van der Waals surface area contributed by atoms with Gasteiger partial charge < -0.3 is 19.5 Å². The van der Waals surface area contributed by atoms with Crippen LogP contribution in [0.25, 0.3) is 0 Å². The summed E-state index contributed by atoms with van der Waals surface area (Å²) in [5, 5.41) is 2.71. The van der Waals surface area contributed by atoms with Crippen LogP contribution in [0.3, 0.4) is 0 Å². The van der Waals surface area contributed by atoms with E-state index >= 15 is 0 Å². The van der Waals surface area contributed by atoms with Gasteiger partial charge in [-0.15, -0.1) is 0 Å². The Morgan fingerprint density at radius 1 is 0.900 bits per heavy atom. The van der Waals surface area contributed by atoms with Gasteiger partial charge in [0.15, 0.2) is 0 Å². The number of nitrogens with one attached hydrogen (secondary N) is 1. The third-order valence-corrected chi connectivity index (χ3v) is 5.12. The van der Waals surface area contributed by atoms with Crippen molar-refractivity contribution >= 4 is 18.0 Å². The van der Waals surface area contributed by atoms with Gasteiger partial charge in [0.25, 0.3) is 0 Å². The van der Waals surface area contributed by atoms with Gasteiger partial charge in [0, 0.05) is 0 Å². The van der Waals surface area contributed by atoms with Gasteiger partial charge in [0.2, 0.25) is 5.91 Å². The molecule has 7 nitrogen and oxygen atoms in total. The van der Waals surface area contributed by atoms with E-state index in [4.69, 9.17) is 14.2 Å². The highest BCUT2D eigenvalue weighted by molar-refractivity contribution is 5.89. The fraction of sp³-hybridized carbons (Fsp3) is 0.348. The van der Waals surface area contributed by atoms with Gasteiger partial charge in [0.1, 0.15) is 19.3 Å². The first-order chi connectivity index (χ1) is 14.5. The van der Waals surface area contributed by atoms with E-state index in [1.165, 1.54) is 0 Å². The molecular weight excluding hydrogens is 386 g/mol. The van der Waals surface area contributed by atoms with Gasteiger partial charge in [-0.2, -0.15) is 0 Å². The smallest absolute Gasteiger partial charge is 0.461 e. The van der Waals surface area contributed by atoms with Crippen molar-refractivity contribution in [3.63, 3.8) is 0 Å². The third kappa shape index (κ3) is 5.37. The van der Waals surface area contributed by atoms with E-state index in [2.05, 4.69) is 5.32 Å². The summed E-state index contributed by atoms with van der Waals surface area (Å²) in [5.74, 6) is -1.92. The molecule has 4 atom stereocenters. The second-order valence-electron chi connectivity index (χ2n) is 7.29. The van der Waals surface area contributed by atoms with E-state index in [1.54, 1.807) is 13.8 Å². The maximum Gasteiger partial charge on any atom is 0.508 e. The minimum absolute atomic E-state index is 0.0783. The Hall–Kier alpha value is -3.35. The molecule has 0 aromatic heterocycles. The zero-order chi connectivity index (χ0) is 21.5. The molecule has 1 fully saturated rings. The van der Waals surface area contributed by atoms with E-state index in [1.807, 2.05) is 60.7 Å². The molecule has 2 aromatic rings. The van der Waals surface area contributed by atoms with Gasteiger partial charge >= 0.3 is 12.1 Å². The standard InChI is InChI=1S/C23H25NO6/c1-15(22(26)28-13-17-9-5-3-6-10-17)20-19(21(25)24-20)16(2)30-23(27)29-14-18-11-7-4-8-12-18/h3-12,15-16,19-20H,13-14H2,1-2H3,(H,24,25)/t15-,16-,19-,20-/m1/s1. The molecule has 1 N–H and O–H groups in total. The van der Waals surface area contributed by atoms with Gasteiger partial charge in [-0.05, 0) is 25.0 Å². The van der Waals surface area contributed by atoms with Crippen molar-refractivity contribution in [2.24, 2.45) is 11.8 Å². The maximum absolute atomic E-state index is 12.4. The number of rotatable bonds is 8. The highest BCUT2D eigenvalue weighted by Gasteiger charge is 2.49. The molecule has 158 valence electrons. The number of hydrogen-bond acceptors (Lipinski definition) is 6. The quantitative estimate of drug-likeness (QED) is 0.530. The maximum atomic E-state index is 12.4. The molecule has 1 aliphatic rings. The molecule has 30 heavy (non-hydrogen) atoms. The van der Waals surface area contributed by atoms with Crippen molar-refractivity contribution in [1.29, 1.82) is 0 Å². The minimum Gasteiger partial charge on any atom is -0.461 e. The van der Waals surface area contributed by atoms with Crippen LogP contribution in [0.1, 0.15) is 25.0 Å². The summed E-state index contributed by atoms with van der Waals surface area (Å²) in [6.45, 7) is 3.54. The van der Waals surface area contributed by atoms with Crippen molar-refractivity contribution in [3.05, 3.63) is 71.8 Å². The Morgan fingerprint density at radius 2 is 1.43 bits per heavy atom. The van der Waals surface area contributed by atoms with Gasteiger partial charge in [0.05, 0.1) is 17.9 Å². The van der Waals surface area contributed by atoms with E-state index in [9.17, 15) is 14.4 Å². The average Bonchev–Trinajstić information content (AvgIpc) is 2.75. The molecule has 1 amide bonds. The van der Waals surface area contributed by atoms with Crippen LogP contribution < -0.4 is 5.32 Å². The highest BCUT2D eigenvalue weighted by atomic mass is 16.7. The van der Waals surface area contributed by atoms with Crippen LogP contribution in [-0.2, 0) is 37.0 Å². The van der Waals surface area contributed by atoms with Gasteiger partial charge in [-0.3, -0.25) is 9.59 Å². The van der Waals surface area contributed by atoms with E-state index in [0.717, 1.165) is 11.1 Å². The SMILES string of the molecule is C[C@@H](OC(=O)OCc1ccccc1)[C@H]1C(=O)N[C@@H]1[C@@H](C)C(=O)OCc1ccccc1. The molecule has 1 heterocycles. The average molecular weight is 411 g/mol. The number of carbonyl (C=O) groups is 3. The van der Waals surface area contributed by atoms with Crippen molar-refractivity contribution in [2.75, 3.05) is 0 Å². The van der Waals surface area contributed by atoms with Gasteiger partial charge in [-0.25, -0.2) is 4.79 Å². The molecule has 0 radical (unpaired) electrons. The lowest BCUT2D eigenvalue weighted by Crippen LogP contribution is -2.66. The summed E-state index contributed by atoms with van der Waals surface area (Å²) in [6, 6.07) is 18.1. The first-order valence-corrected chi connectivity index (χ1v) is 9.84. The van der Waals surface area contributed by atoms with Crippen LogP contribution in [0.15, 0.2) is 60.7 Å². The monoisotopic (exact) mass is 411 g/mol. The lowest BCUT2D eigenvalue weighted by atomic mass is 9.79. The molecule has 0 aliphatic carbocycles. The number of benzene rings is 2. The summed E-state index contributed by atoms with van der Waals surface area (Å²) in [6.07, 6.45) is -1.60. The zero-order valence-electron chi connectivity index (χ0n) is 16.9. The van der Waals surface area contributed by atoms with E-state index < -0.39 is 36.1 Å². The lowest BCUT2D eigenvalue weighted by molar-refractivity contribution is -0.157. The molecule has 7 heteroatoms. The fourth-order valence-electron chi connectivity index (χ4n) is 3.34. The number of carbonyl (C=O) groups excluding carboxylic acids is 3. The predicted molar refractivity (Wildman–Crippen MR) is 108 cm³/mol. The van der Waals surface area contributed by atoms with Crippen LogP contribution in [0, 0.1) is 11.8 Å². The van der Waals surface area contributed by atoms with Crippen molar-refractivity contribution in [2.45, 2.75) is 39.2 Å². The summed E-state index contributed by atoms with van der Waals surface area (Å²) in [7, 11) is 0. The summed E-state index contributed by atoms with van der Waals surface area (Å²) in [5.41, 5.74) is 1.71. The fourth-order valence-corrected chi connectivity index (χ4v) is 3.34. The van der Waals surface area contributed by atoms with E-state index in [0.29, 0.717) is 0 Å². The first kappa shape index (κ1) is 21.4. The molecule has 0 unspecified atom stereocenters. The highest BCUT2D eigenvalue weighted by Crippen LogP contribution is 2.28. The number of amides is 1. The summed E-state index contributed by atoms with van der Waals surface area (Å²) < 4.78 is 15.7. The van der Waals surface area contributed by atoms with Crippen molar-refractivity contribution < 1.29 is 28.6 Å². The Balaban J connectivity index is 1.48. The van der Waals surface area contributed by atoms with Crippen molar-refractivity contribution in [1.82, 2.24) is 5.32 Å². The first-order valence-electron chi connectivity index (χ1n) is 9.84. The zero-order valence-corrected chi connectivity index (χ0v) is 16.9. The topological polar surface area (TPSA) is 90.9 Å². The molecule has 0 bridgehead atoms. The number of esters is 1. The molecule has 1 saturated heterocycles. The van der Waals surface area contributed by atoms with Gasteiger partial charge in [-0.1, -0.05) is 60.7 Å². The summed E-state index contributed by atoms with van der Waals surface area (Å²) >= 11 is 0. The molecule has 0 spiro atoms. The Morgan fingerprint density at radius 3 is 1.97 bits per heavy atom. The second kappa shape index (κ2) is 9.91. The van der Waals surface area contributed by atoms with Crippen molar-refractivity contribution in [3.8, 4) is 0 Å². The van der Waals surface area contributed by atoms with Crippen LogP contribution >= 0.6 is 0 Å². The molecule has 2 aromatic carbocycles. The molecule has 1 aliphatic heterocycles. The Kier molecular flexibility index (Phi) is 7.06. The van der Waals surface area contributed by atoms with Crippen LogP contribution in [0.4, 0.5) is 4.79 Å². The van der Waals surface area contributed by atoms with Crippen LogP contribution in [-0.4, -0.2) is 30.2 Å². The normalized spacial score (nSPS) is 19.6.